The minimum atomic E-state index is 0. The van der Waals surface area contributed by atoms with Gasteiger partial charge in [-0.25, -0.2) is 4.98 Å². The molecule has 0 saturated carbocycles. The van der Waals surface area contributed by atoms with Crippen molar-refractivity contribution in [1.29, 1.82) is 0 Å². The van der Waals surface area contributed by atoms with E-state index in [1.807, 2.05) is 25.3 Å². The smallest absolute Gasteiger partial charge is 0.257 e. The second-order valence-corrected chi connectivity index (χ2v) is 7.77. The average molecular weight is 540 g/mol. The van der Waals surface area contributed by atoms with Crippen LogP contribution in [-0.4, -0.2) is 41.2 Å². The predicted octanol–water partition coefficient (Wildman–Crippen LogP) is 3.89. The Morgan fingerprint density at radius 2 is 1.80 bits per heavy atom. The standard InChI is InChI=1S/C21H28N6OS.HI/c1-4-17-14-25-19(29-17)11-13-24-21(22-3)23-12-10-15-6-8-16(9-7-15)20-26-18(5-2)27-28-20;/h6-9,14H,4-5,10-13H2,1-3H3,(H2,22,23,24);1H. The van der Waals surface area contributed by atoms with Gasteiger partial charge >= 0.3 is 0 Å². The molecule has 3 aromatic rings. The summed E-state index contributed by atoms with van der Waals surface area (Å²) >= 11 is 1.78. The molecule has 0 atom stereocenters. The lowest BCUT2D eigenvalue weighted by atomic mass is 10.1. The monoisotopic (exact) mass is 540 g/mol. The number of halogens is 1. The number of nitrogens with zero attached hydrogens (tertiary/aromatic N) is 4. The van der Waals surface area contributed by atoms with Gasteiger partial charge in [0.2, 0.25) is 0 Å². The Labute approximate surface area is 198 Å². The number of benzene rings is 1. The maximum absolute atomic E-state index is 5.28. The molecule has 0 radical (unpaired) electrons. The van der Waals surface area contributed by atoms with E-state index in [2.05, 4.69) is 49.8 Å². The summed E-state index contributed by atoms with van der Waals surface area (Å²) in [7, 11) is 1.79. The lowest BCUT2D eigenvalue weighted by Crippen LogP contribution is -2.39. The fraction of sp³-hybridized carbons (Fsp3) is 0.429. The normalized spacial score (nSPS) is 11.2. The topological polar surface area (TPSA) is 88.2 Å². The maximum atomic E-state index is 5.28. The number of hydrogen-bond donors (Lipinski definition) is 2. The van der Waals surface area contributed by atoms with Crippen molar-refractivity contribution in [3.8, 4) is 11.5 Å². The van der Waals surface area contributed by atoms with Gasteiger partial charge in [-0.15, -0.1) is 35.3 Å². The van der Waals surface area contributed by atoms with E-state index in [0.29, 0.717) is 5.89 Å². The number of rotatable bonds is 9. The number of thiazole rings is 1. The van der Waals surface area contributed by atoms with Crippen LogP contribution in [0.4, 0.5) is 0 Å². The van der Waals surface area contributed by atoms with E-state index in [0.717, 1.165) is 61.1 Å². The van der Waals surface area contributed by atoms with Crippen LogP contribution in [0.2, 0.25) is 0 Å². The molecule has 0 aliphatic heterocycles. The van der Waals surface area contributed by atoms with Crippen molar-refractivity contribution < 1.29 is 4.52 Å². The van der Waals surface area contributed by atoms with Gasteiger partial charge in [0, 0.05) is 49.6 Å². The Bertz CT molecular complexity index is 922. The van der Waals surface area contributed by atoms with Crippen molar-refractivity contribution in [2.24, 2.45) is 4.99 Å². The molecule has 0 spiro atoms. The van der Waals surface area contributed by atoms with Crippen LogP contribution in [0.25, 0.3) is 11.5 Å². The van der Waals surface area contributed by atoms with Crippen LogP contribution >= 0.6 is 35.3 Å². The first-order chi connectivity index (χ1) is 14.2. The van der Waals surface area contributed by atoms with Gasteiger partial charge in [-0.05, 0) is 30.5 Å². The molecule has 7 nitrogen and oxygen atoms in total. The zero-order chi connectivity index (χ0) is 20.5. The Hall–Kier alpha value is -2.01. The number of nitrogens with one attached hydrogen (secondary N) is 2. The van der Waals surface area contributed by atoms with Crippen molar-refractivity contribution >= 4 is 41.3 Å². The molecule has 162 valence electrons. The van der Waals surface area contributed by atoms with Gasteiger partial charge in [0.1, 0.15) is 0 Å². The highest BCUT2D eigenvalue weighted by molar-refractivity contribution is 14.0. The molecule has 2 aromatic heterocycles. The zero-order valence-corrected chi connectivity index (χ0v) is 20.8. The first-order valence-corrected chi connectivity index (χ1v) is 10.8. The van der Waals surface area contributed by atoms with E-state index in [9.17, 15) is 0 Å². The second kappa shape index (κ2) is 12.6. The van der Waals surface area contributed by atoms with Crippen molar-refractivity contribution in [3.63, 3.8) is 0 Å². The summed E-state index contributed by atoms with van der Waals surface area (Å²) in [6, 6.07) is 8.23. The molecule has 1 aromatic carbocycles. The van der Waals surface area contributed by atoms with Gasteiger partial charge in [0.15, 0.2) is 11.8 Å². The Morgan fingerprint density at radius 3 is 2.40 bits per heavy atom. The van der Waals surface area contributed by atoms with Gasteiger partial charge in [-0.1, -0.05) is 31.1 Å². The van der Waals surface area contributed by atoms with Crippen molar-refractivity contribution in [2.75, 3.05) is 20.1 Å². The molecule has 9 heteroatoms. The third kappa shape index (κ3) is 7.05. The Kier molecular flexibility index (Phi) is 10.2. The van der Waals surface area contributed by atoms with E-state index in [1.165, 1.54) is 10.4 Å². The number of hydrogen-bond acceptors (Lipinski definition) is 6. The quantitative estimate of drug-likeness (QED) is 0.243. The number of aryl methyl sites for hydroxylation is 2. The van der Waals surface area contributed by atoms with Crippen LogP contribution in [0.1, 0.15) is 35.1 Å². The van der Waals surface area contributed by atoms with Gasteiger partial charge in [-0.2, -0.15) is 4.98 Å². The van der Waals surface area contributed by atoms with Crippen molar-refractivity contribution in [1.82, 2.24) is 25.8 Å². The molecular weight excluding hydrogens is 511 g/mol. The van der Waals surface area contributed by atoms with Crippen LogP contribution in [0.5, 0.6) is 0 Å². The summed E-state index contributed by atoms with van der Waals surface area (Å²) in [6.07, 6.45) is 5.59. The highest BCUT2D eigenvalue weighted by atomic mass is 127. The summed E-state index contributed by atoms with van der Waals surface area (Å²) in [5, 5.41) is 11.8. The minimum Gasteiger partial charge on any atom is -0.356 e. The largest absolute Gasteiger partial charge is 0.356 e. The van der Waals surface area contributed by atoms with Gasteiger partial charge in [0.05, 0.1) is 5.01 Å². The third-order valence-electron chi connectivity index (χ3n) is 4.50. The van der Waals surface area contributed by atoms with Crippen LogP contribution < -0.4 is 10.6 Å². The molecule has 0 aliphatic carbocycles. The SMILES string of the molecule is CCc1noc(-c2ccc(CCNC(=NC)NCCc3ncc(CC)s3)cc2)n1.I. The molecule has 0 saturated heterocycles. The lowest BCUT2D eigenvalue weighted by molar-refractivity contribution is 0.423. The Balaban J connectivity index is 0.00000320. The molecule has 0 amide bonds. The fourth-order valence-electron chi connectivity index (χ4n) is 2.79. The molecule has 0 fully saturated rings. The first kappa shape index (κ1) is 24.3. The van der Waals surface area contributed by atoms with E-state index < -0.39 is 0 Å². The van der Waals surface area contributed by atoms with Gasteiger partial charge in [-0.3, -0.25) is 4.99 Å². The highest BCUT2D eigenvalue weighted by Crippen LogP contribution is 2.18. The highest BCUT2D eigenvalue weighted by Gasteiger charge is 2.07. The first-order valence-electron chi connectivity index (χ1n) is 10.0. The summed E-state index contributed by atoms with van der Waals surface area (Å²) in [5.41, 5.74) is 2.18. The second-order valence-electron chi connectivity index (χ2n) is 6.57. The summed E-state index contributed by atoms with van der Waals surface area (Å²) in [4.78, 5) is 14.4. The van der Waals surface area contributed by atoms with E-state index in [1.54, 1.807) is 18.4 Å². The van der Waals surface area contributed by atoms with Crippen LogP contribution in [-0.2, 0) is 25.7 Å². The average Bonchev–Trinajstić information content (AvgIpc) is 3.42. The molecule has 3 rings (SSSR count). The number of aromatic nitrogens is 3. The molecule has 2 heterocycles. The molecule has 30 heavy (non-hydrogen) atoms. The summed E-state index contributed by atoms with van der Waals surface area (Å²) in [5.74, 6) is 2.11. The van der Waals surface area contributed by atoms with Crippen molar-refractivity contribution in [3.05, 3.63) is 51.7 Å². The Morgan fingerprint density at radius 1 is 1.07 bits per heavy atom. The van der Waals surface area contributed by atoms with Gasteiger partial charge < -0.3 is 15.2 Å². The van der Waals surface area contributed by atoms with E-state index in [-0.39, 0.29) is 24.0 Å². The predicted molar refractivity (Wildman–Crippen MR) is 133 cm³/mol. The fourth-order valence-corrected chi connectivity index (χ4v) is 3.65. The van der Waals surface area contributed by atoms with Crippen LogP contribution in [0.3, 0.4) is 0 Å². The van der Waals surface area contributed by atoms with Crippen LogP contribution in [0.15, 0.2) is 40.0 Å². The molecule has 0 aliphatic rings. The minimum absolute atomic E-state index is 0. The third-order valence-corrected chi connectivity index (χ3v) is 5.70. The molecular formula is C21H29IN6OS. The summed E-state index contributed by atoms with van der Waals surface area (Å²) in [6.45, 7) is 5.78. The van der Waals surface area contributed by atoms with Crippen LogP contribution in [0, 0.1) is 0 Å². The number of guanidine groups is 1. The van der Waals surface area contributed by atoms with Crippen molar-refractivity contribution in [2.45, 2.75) is 39.5 Å². The van der Waals surface area contributed by atoms with Gasteiger partial charge in [0.25, 0.3) is 5.89 Å². The van der Waals surface area contributed by atoms with E-state index in [4.69, 9.17) is 4.52 Å². The van der Waals surface area contributed by atoms with E-state index >= 15 is 0 Å². The lowest BCUT2D eigenvalue weighted by Gasteiger charge is -2.11. The zero-order valence-electron chi connectivity index (χ0n) is 17.6. The molecule has 0 unspecified atom stereocenters. The maximum Gasteiger partial charge on any atom is 0.257 e. The molecule has 0 bridgehead atoms. The summed E-state index contributed by atoms with van der Waals surface area (Å²) < 4.78 is 5.28. The molecule has 2 N–H and O–H groups in total. The number of aliphatic imine (C=N–C) groups is 1.